The van der Waals surface area contributed by atoms with E-state index >= 15 is 0 Å². The molecule has 26 heavy (non-hydrogen) atoms. The summed E-state index contributed by atoms with van der Waals surface area (Å²) in [6.45, 7) is 0.797. The van der Waals surface area contributed by atoms with Crippen LogP contribution >= 0.6 is 0 Å². The number of nitrogens with zero attached hydrogens (tertiary/aromatic N) is 2. The van der Waals surface area contributed by atoms with Crippen LogP contribution in [0.15, 0.2) is 65.3 Å². The summed E-state index contributed by atoms with van der Waals surface area (Å²) in [5.41, 5.74) is 1.66. The van der Waals surface area contributed by atoms with Gasteiger partial charge in [-0.2, -0.15) is 0 Å². The molecule has 2 aliphatic rings. The van der Waals surface area contributed by atoms with Crippen molar-refractivity contribution in [2.24, 2.45) is 4.99 Å². The minimum Gasteiger partial charge on any atom is -0.295 e. The highest BCUT2D eigenvalue weighted by Crippen LogP contribution is 2.32. The van der Waals surface area contributed by atoms with Crippen LogP contribution in [-0.2, 0) is 4.79 Å². The number of fused-ring (bicyclic) bond motifs is 3. The predicted octanol–water partition coefficient (Wildman–Crippen LogP) is 5.15. The lowest BCUT2D eigenvalue weighted by Crippen LogP contribution is -2.31. The highest BCUT2D eigenvalue weighted by Gasteiger charge is 2.30. The van der Waals surface area contributed by atoms with E-state index in [9.17, 15) is 4.79 Å². The number of carbonyl (C=O) groups is 1. The Morgan fingerprint density at radius 1 is 0.885 bits per heavy atom. The van der Waals surface area contributed by atoms with Crippen LogP contribution in [0.3, 0.4) is 0 Å². The zero-order valence-corrected chi connectivity index (χ0v) is 14.6. The Kier molecular flexibility index (Phi) is 3.59. The summed E-state index contributed by atoms with van der Waals surface area (Å²) in [5.74, 6) is 1.00. The van der Waals surface area contributed by atoms with E-state index in [0.717, 1.165) is 48.0 Å². The standard InChI is InChI=1S/C23H20N2O/c26-23-21(24-22-12-2-1-7-13-25(22)23)15-20-18-10-5-3-8-16(18)14-17-9-4-6-11-19(17)20/h3-6,8-11,14-15H,1-2,7,12-13H2/b21-15+. The van der Waals surface area contributed by atoms with E-state index in [1.165, 1.54) is 17.2 Å². The largest absolute Gasteiger partial charge is 0.295 e. The molecule has 2 heterocycles. The van der Waals surface area contributed by atoms with Crippen LogP contribution in [0.25, 0.3) is 27.6 Å². The number of rotatable bonds is 1. The summed E-state index contributed by atoms with van der Waals surface area (Å²) >= 11 is 0. The van der Waals surface area contributed by atoms with Gasteiger partial charge in [-0.15, -0.1) is 0 Å². The zero-order chi connectivity index (χ0) is 17.5. The van der Waals surface area contributed by atoms with Gasteiger partial charge in [-0.1, -0.05) is 55.0 Å². The van der Waals surface area contributed by atoms with Gasteiger partial charge < -0.3 is 0 Å². The van der Waals surface area contributed by atoms with Gasteiger partial charge in [0, 0.05) is 13.0 Å². The summed E-state index contributed by atoms with van der Waals surface area (Å²) < 4.78 is 0. The smallest absolute Gasteiger partial charge is 0.277 e. The van der Waals surface area contributed by atoms with Crippen molar-refractivity contribution in [2.45, 2.75) is 25.7 Å². The molecule has 0 atom stereocenters. The monoisotopic (exact) mass is 340 g/mol. The molecule has 1 saturated heterocycles. The Labute approximate surface area is 152 Å². The van der Waals surface area contributed by atoms with Crippen molar-refractivity contribution in [2.75, 3.05) is 6.54 Å². The van der Waals surface area contributed by atoms with Gasteiger partial charge in [-0.3, -0.25) is 9.69 Å². The van der Waals surface area contributed by atoms with Gasteiger partial charge in [-0.25, -0.2) is 4.99 Å². The Bertz CT molecular complexity index is 1040. The van der Waals surface area contributed by atoms with E-state index in [2.05, 4.69) is 54.6 Å². The lowest BCUT2D eigenvalue weighted by atomic mass is 9.96. The number of amidine groups is 1. The first-order valence-corrected chi connectivity index (χ1v) is 9.33. The lowest BCUT2D eigenvalue weighted by molar-refractivity contribution is -0.122. The van der Waals surface area contributed by atoms with Crippen molar-refractivity contribution in [3.05, 3.63) is 65.9 Å². The summed E-state index contributed by atoms with van der Waals surface area (Å²) in [6.07, 6.45) is 6.26. The quantitative estimate of drug-likeness (QED) is 0.445. The van der Waals surface area contributed by atoms with Crippen LogP contribution in [0.4, 0.5) is 0 Å². The van der Waals surface area contributed by atoms with Crippen molar-refractivity contribution in [1.82, 2.24) is 4.90 Å². The Hall–Kier alpha value is -2.94. The number of aliphatic imine (C=N–C) groups is 1. The summed E-state index contributed by atoms with van der Waals surface area (Å²) in [7, 11) is 0. The molecular formula is C23H20N2O. The number of carbonyl (C=O) groups excluding carboxylic acids is 1. The molecule has 1 fully saturated rings. The minimum atomic E-state index is 0.0546. The van der Waals surface area contributed by atoms with Crippen LogP contribution in [-0.4, -0.2) is 23.2 Å². The third kappa shape index (κ3) is 2.43. The topological polar surface area (TPSA) is 32.7 Å². The molecule has 0 N–H and O–H groups in total. The lowest BCUT2D eigenvalue weighted by Gasteiger charge is -2.14. The van der Waals surface area contributed by atoms with Crippen LogP contribution in [0.2, 0.25) is 0 Å². The molecule has 5 rings (SSSR count). The predicted molar refractivity (Wildman–Crippen MR) is 107 cm³/mol. The van der Waals surface area contributed by atoms with Gasteiger partial charge in [0.25, 0.3) is 5.91 Å². The molecule has 2 aliphatic heterocycles. The molecule has 3 aromatic carbocycles. The van der Waals surface area contributed by atoms with Crippen LogP contribution < -0.4 is 0 Å². The highest BCUT2D eigenvalue weighted by atomic mass is 16.2. The van der Waals surface area contributed by atoms with Gasteiger partial charge in [0.2, 0.25) is 0 Å². The second-order valence-corrected chi connectivity index (χ2v) is 7.06. The third-order valence-corrected chi connectivity index (χ3v) is 5.40. The molecule has 0 saturated carbocycles. The molecular weight excluding hydrogens is 320 g/mol. The van der Waals surface area contributed by atoms with E-state index in [0.29, 0.717) is 5.70 Å². The fraction of sp³-hybridized carbons (Fsp3) is 0.217. The maximum atomic E-state index is 12.9. The molecule has 0 spiro atoms. The molecule has 3 nitrogen and oxygen atoms in total. The third-order valence-electron chi connectivity index (χ3n) is 5.40. The summed E-state index contributed by atoms with van der Waals surface area (Å²) in [4.78, 5) is 19.5. The number of benzene rings is 3. The molecule has 0 bridgehead atoms. The maximum absolute atomic E-state index is 12.9. The van der Waals surface area contributed by atoms with Gasteiger partial charge in [-0.05, 0) is 52.1 Å². The second-order valence-electron chi connectivity index (χ2n) is 7.06. The Balaban J connectivity index is 1.73. The molecule has 3 heteroatoms. The fourth-order valence-corrected chi connectivity index (χ4v) is 4.09. The fourth-order valence-electron chi connectivity index (χ4n) is 4.09. The molecule has 0 aromatic heterocycles. The van der Waals surface area contributed by atoms with Gasteiger partial charge >= 0.3 is 0 Å². The number of hydrogen-bond acceptors (Lipinski definition) is 2. The average molecular weight is 340 g/mol. The molecule has 0 aliphatic carbocycles. The van der Waals surface area contributed by atoms with E-state index in [1.54, 1.807) is 0 Å². The van der Waals surface area contributed by atoms with Crippen molar-refractivity contribution in [3.8, 4) is 0 Å². The molecule has 0 radical (unpaired) electrons. The van der Waals surface area contributed by atoms with Gasteiger partial charge in [0.15, 0.2) is 0 Å². The molecule has 0 unspecified atom stereocenters. The first kappa shape index (κ1) is 15.3. The van der Waals surface area contributed by atoms with E-state index in [4.69, 9.17) is 4.99 Å². The first-order valence-electron chi connectivity index (χ1n) is 9.33. The Morgan fingerprint density at radius 3 is 2.31 bits per heavy atom. The van der Waals surface area contributed by atoms with Crippen molar-refractivity contribution in [1.29, 1.82) is 0 Å². The molecule has 128 valence electrons. The van der Waals surface area contributed by atoms with Crippen molar-refractivity contribution in [3.63, 3.8) is 0 Å². The minimum absolute atomic E-state index is 0.0546. The SMILES string of the molecule is O=C1/C(=C\c2c3ccccc3cc3ccccc23)N=C2CCCCCN12. The van der Waals surface area contributed by atoms with E-state index < -0.39 is 0 Å². The maximum Gasteiger partial charge on any atom is 0.277 e. The summed E-state index contributed by atoms with van der Waals surface area (Å²) in [5, 5.41) is 4.69. The van der Waals surface area contributed by atoms with Crippen LogP contribution in [0.1, 0.15) is 31.2 Å². The van der Waals surface area contributed by atoms with E-state index in [1.807, 2.05) is 11.0 Å². The van der Waals surface area contributed by atoms with Gasteiger partial charge in [0.1, 0.15) is 11.5 Å². The normalized spacial score (nSPS) is 19.1. The molecule has 1 amide bonds. The average Bonchev–Trinajstić information content (AvgIpc) is 2.84. The Morgan fingerprint density at radius 2 is 1.58 bits per heavy atom. The second kappa shape index (κ2) is 6.10. The van der Waals surface area contributed by atoms with Crippen LogP contribution in [0, 0.1) is 0 Å². The first-order chi connectivity index (χ1) is 12.8. The highest BCUT2D eigenvalue weighted by molar-refractivity contribution is 6.16. The van der Waals surface area contributed by atoms with Crippen LogP contribution in [0.5, 0.6) is 0 Å². The summed E-state index contributed by atoms with van der Waals surface area (Å²) in [6, 6.07) is 18.9. The van der Waals surface area contributed by atoms with Crippen molar-refractivity contribution < 1.29 is 4.79 Å². The number of hydrogen-bond donors (Lipinski definition) is 0. The van der Waals surface area contributed by atoms with Gasteiger partial charge in [0.05, 0.1) is 0 Å². The van der Waals surface area contributed by atoms with Crippen molar-refractivity contribution >= 4 is 39.4 Å². The number of amides is 1. The molecule has 3 aromatic rings. The zero-order valence-electron chi connectivity index (χ0n) is 14.6. The van der Waals surface area contributed by atoms with E-state index in [-0.39, 0.29) is 5.91 Å².